The van der Waals surface area contributed by atoms with E-state index in [1.807, 2.05) is 11.8 Å². The maximum Gasteiger partial charge on any atom is 0.0858 e. The molecule has 98 valence electrons. The van der Waals surface area contributed by atoms with Gasteiger partial charge in [-0.05, 0) is 44.3 Å². The number of nitrogens with two attached hydrogens (primary N) is 1. The average molecular weight is 256 g/mol. The van der Waals surface area contributed by atoms with Crippen LogP contribution in [0.25, 0.3) is 0 Å². The predicted molar refractivity (Wildman–Crippen MR) is 72.3 cm³/mol. The molecule has 3 aliphatic rings. The molecule has 1 unspecified atom stereocenters. The molecule has 1 saturated carbocycles. The summed E-state index contributed by atoms with van der Waals surface area (Å²) in [6.07, 6.45) is 6.64. The lowest BCUT2D eigenvalue weighted by molar-refractivity contribution is -0.0777. The number of piperidine rings is 1. The highest BCUT2D eigenvalue weighted by atomic mass is 32.2. The molecule has 1 atom stereocenters. The zero-order valence-corrected chi connectivity index (χ0v) is 11.3. The van der Waals surface area contributed by atoms with Gasteiger partial charge in [-0.15, -0.1) is 0 Å². The summed E-state index contributed by atoms with van der Waals surface area (Å²) in [6.45, 7) is 2.09. The van der Waals surface area contributed by atoms with E-state index in [4.69, 9.17) is 5.73 Å². The molecule has 3 rings (SSSR count). The van der Waals surface area contributed by atoms with Crippen LogP contribution in [0.4, 0.5) is 0 Å². The number of hydrogen-bond donors (Lipinski definition) is 2. The van der Waals surface area contributed by atoms with Gasteiger partial charge < -0.3 is 15.7 Å². The Balaban J connectivity index is 1.65. The Kier molecular flexibility index (Phi) is 3.18. The van der Waals surface area contributed by atoms with Crippen LogP contribution in [-0.4, -0.2) is 51.8 Å². The van der Waals surface area contributed by atoms with Crippen LogP contribution in [-0.2, 0) is 0 Å². The number of thioether (sulfide) groups is 1. The van der Waals surface area contributed by atoms with Crippen LogP contribution in [0.1, 0.15) is 38.5 Å². The molecule has 0 aromatic carbocycles. The van der Waals surface area contributed by atoms with Gasteiger partial charge in [-0.1, -0.05) is 0 Å². The van der Waals surface area contributed by atoms with Gasteiger partial charge in [0.2, 0.25) is 0 Å². The largest absolute Gasteiger partial charge is 0.388 e. The second-order valence-corrected chi connectivity index (χ2v) is 7.22. The van der Waals surface area contributed by atoms with Gasteiger partial charge in [0.1, 0.15) is 0 Å². The molecule has 0 spiro atoms. The van der Waals surface area contributed by atoms with Gasteiger partial charge in [0.15, 0.2) is 0 Å². The molecule has 4 heteroatoms. The van der Waals surface area contributed by atoms with Gasteiger partial charge in [0, 0.05) is 24.9 Å². The van der Waals surface area contributed by atoms with E-state index in [0.717, 1.165) is 50.6 Å². The zero-order valence-electron chi connectivity index (χ0n) is 10.5. The molecule has 17 heavy (non-hydrogen) atoms. The van der Waals surface area contributed by atoms with Crippen LogP contribution in [0.15, 0.2) is 0 Å². The van der Waals surface area contributed by atoms with Gasteiger partial charge in [0.05, 0.1) is 11.1 Å². The average Bonchev–Trinajstić information content (AvgIpc) is 3.15. The smallest absolute Gasteiger partial charge is 0.0858 e. The zero-order chi connectivity index (χ0) is 11.9. The predicted octanol–water partition coefficient (Wildman–Crippen LogP) is 1.20. The maximum atomic E-state index is 10.9. The summed E-state index contributed by atoms with van der Waals surface area (Å²) in [5.41, 5.74) is 5.58. The van der Waals surface area contributed by atoms with Crippen molar-refractivity contribution < 1.29 is 5.11 Å². The first-order chi connectivity index (χ1) is 8.13. The number of likely N-dealkylation sites (tertiary alicyclic amines) is 1. The molecule has 3 N–H and O–H groups in total. The van der Waals surface area contributed by atoms with Crippen LogP contribution in [0.5, 0.6) is 0 Å². The Hall–Kier alpha value is 0.230. The lowest BCUT2D eigenvalue weighted by Crippen LogP contribution is -2.66. The number of hydrogen-bond acceptors (Lipinski definition) is 4. The second kappa shape index (κ2) is 4.41. The number of nitrogens with zero attached hydrogens (tertiary/aromatic N) is 1. The van der Waals surface area contributed by atoms with Crippen LogP contribution < -0.4 is 5.73 Å². The highest BCUT2D eigenvalue weighted by Gasteiger charge is 2.50. The molecule has 0 aromatic rings. The SMILES string of the molecule is NC1(C2(O)CCN(C3CC3)CC2)CCCSC1. The van der Waals surface area contributed by atoms with E-state index in [1.165, 1.54) is 18.6 Å². The van der Waals surface area contributed by atoms with Crippen molar-refractivity contribution in [2.45, 2.75) is 55.7 Å². The first-order valence-corrected chi connectivity index (χ1v) is 8.12. The molecule has 2 saturated heterocycles. The normalized spacial score (nSPS) is 39.2. The highest BCUT2D eigenvalue weighted by Crippen LogP contribution is 2.41. The van der Waals surface area contributed by atoms with Crippen molar-refractivity contribution in [1.29, 1.82) is 0 Å². The van der Waals surface area contributed by atoms with Crippen molar-refractivity contribution >= 4 is 11.8 Å². The van der Waals surface area contributed by atoms with Crippen molar-refractivity contribution in [3.05, 3.63) is 0 Å². The van der Waals surface area contributed by atoms with Crippen molar-refractivity contribution in [2.75, 3.05) is 24.6 Å². The third-order valence-electron chi connectivity index (χ3n) is 4.89. The van der Waals surface area contributed by atoms with Crippen LogP contribution >= 0.6 is 11.8 Å². The van der Waals surface area contributed by atoms with Gasteiger partial charge in [-0.2, -0.15) is 11.8 Å². The second-order valence-electron chi connectivity index (χ2n) is 6.11. The van der Waals surface area contributed by atoms with E-state index in [1.54, 1.807) is 0 Å². The first-order valence-electron chi connectivity index (χ1n) is 6.96. The summed E-state index contributed by atoms with van der Waals surface area (Å²) in [7, 11) is 0. The van der Waals surface area contributed by atoms with Crippen LogP contribution in [0.2, 0.25) is 0 Å². The summed E-state index contributed by atoms with van der Waals surface area (Å²) in [5, 5.41) is 10.9. The van der Waals surface area contributed by atoms with E-state index in [-0.39, 0.29) is 5.54 Å². The Morgan fingerprint density at radius 2 is 1.88 bits per heavy atom. The highest BCUT2D eigenvalue weighted by molar-refractivity contribution is 7.99. The number of aliphatic hydroxyl groups is 1. The molecular formula is C13H24N2OS. The van der Waals surface area contributed by atoms with Crippen molar-refractivity contribution in [3.63, 3.8) is 0 Å². The Morgan fingerprint density at radius 1 is 1.18 bits per heavy atom. The molecule has 2 aliphatic heterocycles. The summed E-state index contributed by atoms with van der Waals surface area (Å²) in [6, 6.07) is 0.828. The monoisotopic (exact) mass is 256 g/mol. The first kappa shape index (κ1) is 12.3. The molecule has 2 heterocycles. The Labute approximate surface area is 108 Å². The minimum atomic E-state index is -0.605. The van der Waals surface area contributed by atoms with Crippen molar-refractivity contribution in [3.8, 4) is 0 Å². The van der Waals surface area contributed by atoms with E-state index >= 15 is 0 Å². The van der Waals surface area contributed by atoms with E-state index in [2.05, 4.69) is 4.90 Å². The van der Waals surface area contributed by atoms with Gasteiger partial charge >= 0.3 is 0 Å². The topological polar surface area (TPSA) is 49.5 Å². The molecule has 0 amide bonds. The summed E-state index contributed by atoms with van der Waals surface area (Å²) >= 11 is 1.91. The molecule has 1 aliphatic carbocycles. The lowest BCUT2D eigenvalue weighted by atomic mass is 9.72. The van der Waals surface area contributed by atoms with Gasteiger partial charge in [0.25, 0.3) is 0 Å². The molecule has 3 fully saturated rings. The Bertz CT molecular complexity index is 279. The van der Waals surface area contributed by atoms with Gasteiger partial charge in [-0.25, -0.2) is 0 Å². The third kappa shape index (κ3) is 2.25. The standard InChI is InChI=1S/C13H24N2OS/c14-12(4-1-9-17-10-12)13(16)5-7-15(8-6-13)11-2-3-11/h11,16H,1-10,14H2. The maximum absolute atomic E-state index is 10.9. The third-order valence-corrected chi connectivity index (χ3v) is 6.18. The summed E-state index contributed by atoms with van der Waals surface area (Å²) < 4.78 is 0. The molecule has 0 aromatic heterocycles. The Morgan fingerprint density at radius 3 is 2.41 bits per heavy atom. The molecule has 3 nitrogen and oxygen atoms in total. The van der Waals surface area contributed by atoms with Gasteiger partial charge in [-0.3, -0.25) is 0 Å². The van der Waals surface area contributed by atoms with E-state index < -0.39 is 5.60 Å². The fourth-order valence-electron chi connectivity index (χ4n) is 3.38. The lowest BCUT2D eigenvalue weighted by Gasteiger charge is -2.50. The summed E-state index contributed by atoms with van der Waals surface area (Å²) in [4.78, 5) is 2.55. The van der Waals surface area contributed by atoms with E-state index in [9.17, 15) is 5.11 Å². The summed E-state index contributed by atoms with van der Waals surface area (Å²) in [5.74, 6) is 2.15. The van der Waals surface area contributed by atoms with Crippen molar-refractivity contribution in [2.24, 2.45) is 5.73 Å². The molecule has 0 bridgehead atoms. The fraction of sp³-hybridized carbons (Fsp3) is 1.00. The van der Waals surface area contributed by atoms with Crippen LogP contribution in [0, 0.1) is 0 Å². The van der Waals surface area contributed by atoms with E-state index in [0.29, 0.717) is 0 Å². The van der Waals surface area contributed by atoms with Crippen molar-refractivity contribution in [1.82, 2.24) is 4.90 Å². The molecule has 0 radical (unpaired) electrons. The minimum absolute atomic E-state index is 0.328. The quantitative estimate of drug-likeness (QED) is 0.779. The molecular weight excluding hydrogens is 232 g/mol. The fourth-order valence-corrected chi connectivity index (χ4v) is 4.65. The minimum Gasteiger partial charge on any atom is -0.388 e. The number of rotatable bonds is 2. The van der Waals surface area contributed by atoms with Crippen LogP contribution in [0.3, 0.4) is 0 Å².